The van der Waals surface area contributed by atoms with Gasteiger partial charge >= 0.3 is 0 Å². The van der Waals surface area contributed by atoms with E-state index in [0.29, 0.717) is 6.04 Å². The van der Waals surface area contributed by atoms with Gasteiger partial charge in [0.2, 0.25) is 0 Å². The van der Waals surface area contributed by atoms with E-state index in [1.54, 1.807) is 6.20 Å². The van der Waals surface area contributed by atoms with Gasteiger partial charge in [-0.15, -0.1) is 0 Å². The molecule has 2 aromatic rings. The third kappa shape index (κ3) is 2.50. The number of aromatic amines is 1. The summed E-state index contributed by atoms with van der Waals surface area (Å²) in [6.07, 6.45) is 1.78. The van der Waals surface area contributed by atoms with Crippen molar-refractivity contribution >= 4 is 22.3 Å². The Labute approximate surface area is 101 Å². The van der Waals surface area contributed by atoms with E-state index in [1.807, 2.05) is 12.1 Å². The van der Waals surface area contributed by atoms with Crippen molar-refractivity contribution in [2.24, 2.45) is 0 Å². The van der Waals surface area contributed by atoms with Gasteiger partial charge in [-0.2, -0.15) is 5.10 Å². The van der Waals surface area contributed by atoms with Crippen LogP contribution in [0.15, 0.2) is 18.3 Å². The summed E-state index contributed by atoms with van der Waals surface area (Å²) in [5.74, 6) is 0. The number of likely N-dealkylation sites (N-methyl/N-ethyl adjacent to an activating group) is 1. The molecule has 0 amide bonds. The fraction of sp³-hybridized carbons (Fsp3) is 0.417. The van der Waals surface area contributed by atoms with Crippen LogP contribution in [-0.4, -0.2) is 41.8 Å². The first-order valence-electron chi connectivity index (χ1n) is 5.71. The van der Waals surface area contributed by atoms with Crippen LogP contribution >= 0.6 is 0 Å². The number of benzene rings is 1. The zero-order chi connectivity index (χ0) is 12.4. The molecule has 1 heterocycles. The second-order valence-electron chi connectivity index (χ2n) is 4.59. The maximum Gasteiger partial charge on any atom is 0.0672 e. The van der Waals surface area contributed by atoms with Crippen molar-refractivity contribution in [2.45, 2.75) is 13.0 Å². The normalized spacial score (nSPS) is 13.2. The molecule has 17 heavy (non-hydrogen) atoms. The monoisotopic (exact) mass is 233 g/mol. The number of nitrogens with zero attached hydrogens (tertiary/aromatic N) is 2. The fourth-order valence-corrected chi connectivity index (χ4v) is 1.60. The highest BCUT2D eigenvalue weighted by atomic mass is 15.1. The predicted molar refractivity (Wildman–Crippen MR) is 72.1 cm³/mol. The summed E-state index contributed by atoms with van der Waals surface area (Å²) in [6, 6.07) is 4.38. The summed E-state index contributed by atoms with van der Waals surface area (Å²) in [5.41, 5.74) is 8.70. The Morgan fingerprint density at radius 1 is 1.47 bits per heavy atom. The van der Waals surface area contributed by atoms with E-state index in [9.17, 15) is 0 Å². The number of nitrogen functional groups attached to an aromatic ring is 1. The maximum atomic E-state index is 5.99. The van der Waals surface area contributed by atoms with Crippen molar-refractivity contribution in [3.63, 3.8) is 0 Å². The average Bonchev–Trinajstić information content (AvgIpc) is 2.72. The number of anilines is 2. The number of rotatable bonds is 4. The molecule has 0 aliphatic rings. The Bertz CT molecular complexity index is 503. The Hall–Kier alpha value is -1.75. The molecule has 1 unspecified atom stereocenters. The summed E-state index contributed by atoms with van der Waals surface area (Å²) < 4.78 is 0. The number of hydrogen-bond donors (Lipinski definition) is 3. The zero-order valence-corrected chi connectivity index (χ0v) is 10.5. The van der Waals surface area contributed by atoms with Gasteiger partial charge < -0.3 is 16.0 Å². The lowest BCUT2D eigenvalue weighted by molar-refractivity contribution is 0.326. The highest BCUT2D eigenvalue weighted by Gasteiger charge is 2.07. The molecule has 5 nitrogen and oxygen atoms in total. The lowest BCUT2D eigenvalue weighted by Gasteiger charge is -2.21. The molecule has 0 aliphatic heterocycles. The fourth-order valence-electron chi connectivity index (χ4n) is 1.60. The Kier molecular flexibility index (Phi) is 3.19. The standard InChI is InChI=1S/C12H19N5/c1-8(17(2)3)6-14-12-5-11-9(4-10(12)13)7-15-16-11/h4-5,7-8,14H,6,13H2,1-3H3,(H,15,16). The highest BCUT2D eigenvalue weighted by molar-refractivity contribution is 5.88. The Morgan fingerprint density at radius 3 is 2.94 bits per heavy atom. The minimum Gasteiger partial charge on any atom is -0.397 e. The van der Waals surface area contributed by atoms with Gasteiger partial charge in [-0.1, -0.05) is 0 Å². The molecule has 0 aliphatic carbocycles. The van der Waals surface area contributed by atoms with E-state index in [0.717, 1.165) is 28.8 Å². The molecule has 0 spiro atoms. The van der Waals surface area contributed by atoms with E-state index >= 15 is 0 Å². The number of hydrogen-bond acceptors (Lipinski definition) is 4. The van der Waals surface area contributed by atoms with Crippen molar-refractivity contribution < 1.29 is 0 Å². The van der Waals surface area contributed by atoms with Gasteiger partial charge in [0.25, 0.3) is 0 Å². The van der Waals surface area contributed by atoms with Crippen LogP contribution in [0.3, 0.4) is 0 Å². The van der Waals surface area contributed by atoms with Gasteiger partial charge in [0.15, 0.2) is 0 Å². The van der Waals surface area contributed by atoms with Gasteiger partial charge in [0, 0.05) is 18.0 Å². The first-order valence-corrected chi connectivity index (χ1v) is 5.71. The predicted octanol–water partition coefficient (Wildman–Crippen LogP) is 1.51. The molecule has 1 aromatic heterocycles. The van der Waals surface area contributed by atoms with Crippen LogP contribution in [0.4, 0.5) is 11.4 Å². The van der Waals surface area contributed by atoms with Crippen molar-refractivity contribution in [1.29, 1.82) is 0 Å². The summed E-state index contributed by atoms with van der Waals surface area (Å²) in [4.78, 5) is 2.16. The zero-order valence-electron chi connectivity index (χ0n) is 10.5. The average molecular weight is 233 g/mol. The van der Waals surface area contributed by atoms with Crippen LogP contribution in [0.2, 0.25) is 0 Å². The molecule has 0 saturated carbocycles. The highest BCUT2D eigenvalue weighted by Crippen LogP contribution is 2.24. The minimum atomic E-state index is 0.451. The molecule has 1 aromatic carbocycles. The third-order valence-electron chi connectivity index (χ3n) is 3.08. The van der Waals surface area contributed by atoms with E-state index in [-0.39, 0.29) is 0 Å². The van der Waals surface area contributed by atoms with Crippen molar-refractivity contribution in [2.75, 3.05) is 31.7 Å². The first kappa shape index (κ1) is 11.7. The number of H-pyrrole nitrogens is 1. The third-order valence-corrected chi connectivity index (χ3v) is 3.08. The first-order chi connectivity index (χ1) is 8.08. The Balaban J connectivity index is 2.15. The van der Waals surface area contributed by atoms with Gasteiger partial charge in [-0.05, 0) is 33.2 Å². The molecule has 0 bridgehead atoms. The second kappa shape index (κ2) is 4.63. The molecular formula is C12H19N5. The van der Waals surface area contributed by atoms with Crippen LogP contribution in [0.5, 0.6) is 0 Å². The van der Waals surface area contributed by atoms with E-state index in [2.05, 4.69) is 41.4 Å². The maximum absolute atomic E-state index is 5.99. The summed E-state index contributed by atoms with van der Waals surface area (Å²) in [7, 11) is 4.13. The van der Waals surface area contributed by atoms with Crippen molar-refractivity contribution in [3.8, 4) is 0 Å². The van der Waals surface area contributed by atoms with Gasteiger partial charge in [-0.25, -0.2) is 0 Å². The molecule has 2 rings (SSSR count). The van der Waals surface area contributed by atoms with Crippen LogP contribution in [0, 0.1) is 0 Å². The summed E-state index contributed by atoms with van der Waals surface area (Å²) in [6.45, 7) is 3.02. The summed E-state index contributed by atoms with van der Waals surface area (Å²) >= 11 is 0. The number of fused-ring (bicyclic) bond motifs is 1. The topological polar surface area (TPSA) is 70.0 Å². The number of nitrogens with one attached hydrogen (secondary N) is 2. The molecular weight excluding hydrogens is 214 g/mol. The quantitative estimate of drug-likeness (QED) is 0.700. The van der Waals surface area contributed by atoms with Crippen LogP contribution in [-0.2, 0) is 0 Å². The molecule has 0 saturated heterocycles. The van der Waals surface area contributed by atoms with Crippen molar-refractivity contribution in [1.82, 2.24) is 15.1 Å². The molecule has 0 fully saturated rings. The van der Waals surface area contributed by atoms with Gasteiger partial charge in [-0.3, -0.25) is 5.10 Å². The van der Waals surface area contributed by atoms with Crippen LogP contribution in [0.1, 0.15) is 6.92 Å². The smallest absolute Gasteiger partial charge is 0.0672 e. The molecule has 4 N–H and O–H groups in total. The van der Waals surface area contributed by atoms with Crippen LogP contribution < -0.4 is 11.1 Å². The molecule has 5 heteroatoms. The van der Waals surface area contributed by atoms with Crippen LogP contribution in [0.25, 0.3) is 10.9 Å². The van der Waals surface area contributed by atoms with E-state index < -0.39 is 0 Å². The largest absolute Gasteiger partial charge is 0.397 e. The van der Waals surface area contributed by atoms with E-state index in [4.69, 9.17) is 5.73 Å². The molecule has 92 valence electrons. The van der Waals surface area contributed by atoms with Crippen molar-refractivity contribution in [3.05, 3.63) is 18.3 Å². The van der Waals surface area contributed by atoms with E-state index in [1.165, 1.54) is 0 Å². The lowest BCUT2D eigenvalue weighted by atomic mass is 10.2. The lowest BCUT2D eigenvalue weighted by Crippen LogP contribution is -2.31. The SMILES string of the molecule is CC(CNc1cc2[nH]ncc2cc1N)N(C)C. The number of aromatic nitrogens is 2. The minimum absolute atomic E-state index is 0.451. The van der Waals surface area contributed by atoms with Gasteiger partial charge in [0.1, 0.15) is 0 Å². The molecule has 1 atom stereocenters. The van der Waals surface area contributed by atoms with Gasteiger partial charge in [0.05, 0.1) is 23.1 Å². The number of nitrogens with two attached hydrogens (primary N) is 1. The Morgan fingerprint density at radius 2 is 2.24 bits per heavy atom. The molecule has 0 radical (unpaired) electrons. The second-order valence-corrected chi connectivity index (χ2v) is 4.59. The summed E-state index contributed by atoms with van der Waals surface area (Å²) in [5, 5.41) is 11.3.